The van der Waals surface area contributed by atoms with E-state index in [9.17, 15) is 19.4 Å². The Labute approximate surface area is 247 Å². The van der Waals surface area contributed by atoms with E-state index in [2.05, 4.69) is 19.2 Å². The number of aliphatic hydroxyl groups excluding tert-OH is 1. The van der Waals surface area contributed by atoms with Crippen LogP contribution in [-0.4, -0.2) is 73.4 Å². The van der Waals surface area contributed by atoms with Crippen LogP contribution in [-0.2, 0) is 18.4 Å². The van der Waals surface area contributed by atoms with Crippen LogP contribution in [0.15, 0.2) is 0 Å². The maximum absolute atomic E-state index is 12.6. The second-order valence-corrected chi connectivity index (χ2v) is 14.0. The van der Waals surface area contributed by atoms with Crippen molar-refractivity contribution in [3.63, 3.8) is 0 Å². The van der Waals surface area contributed by atoms with Crippen LogP contribution in [0.3, 0.4) is 0 Å². The highest BCUT2D eigenvalue weighted by molar-refractivity contribution is 7.47. The predicted octanol–water partition coefficient (Wildman–Crippen LogP) is 7.51. The molecule has 3 atom stereocenters. The number of amides is 1. The van der Waals surface area contributed by atoms with Crippen molar-refractivity contribution in [2.45, 2.75) is 154 Å². The summed E-state index contributed by atoms with van der Waals surface area (Å²) in [5.41, 5.74) is 0. The topological polar surface area (TPSA) is 105 Å². The Hall–Kier alpha value is -0.500. The van der Waals surface area contributed by atoms with Crippen molar-refractivity contribution >= 4 is 13.7 Å². The van der Waals surface area contributed by atoms with Gasteiger partial charge < -0.3 is 19.8 Å². The lowest BCUT2D eigenvalue weighted by Gasteiger charge is -2.26. The standard InChI is InChI=1S/C31H65N2O6P/c1-6-8-10-12-14-15-16-17-19-20-22-24-30(34)29(28-39-40(36,37)38-27-26-33(3,4)5)32-31(35)25-23-21-18-13-11-9-7-2/h29-30,34H,6-28H2,1-5H3,(H-,32,35,36,37)/p+1. The van der Waals surface area contributed by atoms with E-state index in [0.29, 0.717) is 23.9 Å². The van der Waals surface area contributed by atoms with E-state index in [1.807, 2.05) is 21.1 Å². The van der Waals surface area contributed by atoms with Crippen molar-refractivity contribution in [3.8, 4) is 0 Å². The molecule has 0 bridgehead atoms. The zero-order chi connectivity index (χ0) is 30.1. The SMILES string of the molecule is CCCCCCCCCCCCCC(O)C(COP(=O)(O)OCC[N+](C)(C)C)NC(=O)CCCCCCCCC. The van der Waals surface area contributed by atoms with Gasteiger partial charge in [-0.05, 0) is 12.8 Å². The molecule has 0 aliphatic carbocycles. The van der Waals surface area contributed by atoms with Gasteiger partial charge in [-0.25, -0.2) is 4.57 Å². The minimum Gasteiger partial charge on any atom is -0.391 e. The molecule has 3 unspecified atom stereocenters. The molecule has 0 saturated heterocycles. The third-order valence-corrected chi connectivity index (χ3v) is 8.34. The Morgan fingerprint density at radius 2 is 1.20 bits per heavy atom. The van der Waals surface area contributed by atoms with E-state index < -0.39 is 20.0 Å². The first-order chi connectivity index (χ1) is 19.0. The van der Waals surface area contributed by atoms with Crippen LogP contribution in [0.2, 0.25) is 0 Å². The molecule has 0 saturated carbocycles. The fraction of sp³-hybridized carbons (Fsp3) is 0.968. The minimum atomic E-state index is -4.28. The second-order valence-electron chi connectivity index (χ2n) is 12.5. The van der Waals surface area contributed by atoms with Gasteiger partial charge in [-0.15, -0.1) is 0 Å². The molecule has 3 N–H and O–H groups in total. The molecule has 0 rings (SSSR count). The van der Waals surface area contributed by atoms with E-state index in [0.717, 1.165) is 38.5 Å². The largest absolute Gasteiger partial charge is 0.472 e. The average molecular weight is 594 g/mol. The van der Waals surface area contributed by atoms with Gasteiger partial charge in [0.15, 0.2) is 0 Å². The van der Waals surface area contributed by atoms with Crippen LogP contribution in [0, 0.1) is 0 Å². The Kier molecular flexibility index (Phi) is 24.7. The van der Waals surface area contributed by atoms with Gasteiger partial charge in [0.2, 0.25) is 5.91 Å². The van der Waals surface area contributed by atoms with Gasteiger partial charge in [-0.1, -0.05) is 123 Å². The lowest BCUT2D eigenvalue weighted by molar-refractivity contribution is -0.870. The highest BCUT2D eigenvalue weighted by Gasteiger charge is 2.28. The van der Waals surface area contributed by atoms with Gasteiger partial charge in [0, 0.05) is 6.42 Å². The van der Waals surface area contributed by atoms with E-state index in [1.165, 1.54) is 77.0 Å². The number of aliphatic hydroxyl groups is 1. The quantitative estimate of drug-likeness (QED) is 0.0471. The molecule has 0 aromatic carbocycles. The summed E-state index contributed by atoms with van der Waals surface area (Å²) < 4.78 is 23.3. The number of phosphoric ester groups is 1. The van der Waals surface area contributed by atoms with E-state index in [1.54, 1.807) is 0 Å². The maximum Gasteiger partial charge on any atom is 0.472 e. The monoisotopic (exact) mass is 593 g/mol. The van der Waals surface area contributed by atoms with Crippen LogP contribution in [0.4, 0.5) is 0 Å². The lowest BCUT2D eigenvalue weighted by Crippen LogP contribution is -2.46. The Morgan fingerprint density at radius 1 is 0.750 bits per heavy atom. The normalized spacial score (nSPS) is 15.1. The van der Waals surface area contributed by atoms with Crippen LogP contribution in [0.1, 0.15) is 142 Å². The summed E-state index contributed by atoms with van der Waals surface area (Å²) in [5.74, 6) is -0.154. The first kappa shape index (κ1) is 39.5. The predicted molar refractivity (Wildman–Crippen MR) is 166 cm³/mol. The average Bonchev–Trinajstić information content (AvgIpc) is 2.88. The summed E-state index contributed by atoms with van der Waals surface area (Å²) in [4.78, 5) is 22.7. The van der Waals surface area contributed by atoms with Gasteiger partial charge in [0.05, 0.1) is 39.9 Å². The minimum absolute atomic E-state index is 0.0772. The molecular formula is C31H66N2O6P+. The van der Waals surface area contributed by atoms with Gasteiger partial charge in [0.1, 0.15) is 13.2 Å². The zero-order valence-corrected chi connectivity index (χ0v) is 27.7. The number of carbonyl (C=O) groups is 1. The van der Waals surface area contributed by atoms with Crippen molar-refractivity contribution in [1.82, 2.24) is 5.32 Å². The molecule has 0 aliphatic heterocycles. The van der Waals surface area contributed by atoms with Gasteiger partial charge in [0.25, 0.3) is 0 Å². The van der Waals surface area contributed by atoms with Crippen molar-refractivity contribution in [2.75, 3.05) is 40.9 Å². The van der Waals surface area contributed by atoms with E-state index in [-0.39, 0.29) is 19.1 Å². The van der Waals surface area contributed by atoms with Gasteiger partial charge in [-0.3, -0.25) is 13.8 Å². The third-order valence-electron chi connectivity index (χ3n) is 7.36. The van der Waals surface area contributed by atoms with Gasteiger partial charge in [-0.2, -0.15) is 0 Å². The summed E-state index contributed by atoms with van der Waals surface area (Å²) in [7, 11) is 1.62. The van der Waals surface area contributed by atoms with E-state index >= 15 is 0 Å². The molecule has 1 amide bonds. The zero-order valence-electron chi connectivity index (χ0n) is 26.8. The van der Waals surface area contributed by atoms with Gasteiger partial charge >= 0.3 is 7.82 Å². The van der Waals surface area contributed by atoms with Crippen molar-refractivity contribution in [3.05, 3.63) is 0 Å². The molecule has 0 aliphatic rings. The number of nitrogens with zero attached hydrogens (tertiary/aromatic N) is 1. The molecule has 0 fully saturated rings. The summed E-state index contributed by atoms with van der Waals surface area (Å²) in [6.07, 6.45) is 21.3. The smallest absolute Gasteiger partial charge is 0.391 e. The second kappa shape index (κ2) is 25.0. The van der Waals surface area contributed by atoms with Crippen LogP contribution < -0.4 is 5.32 Å². The highest BCUT2D eigenvalue weighted by Crippen LogP contribution is 2.43. The third kappa shape index (κ3) is 26.4. The van der Waals surface area contributed by atoms with Crippen molar-refractivity contribution in [2.24, 2.45) is 0 Å². The Bertz CT molecular complexity index is 644. The highest BCUT2D eigenvalue weighted by atomic mass is 31.2. The van der Waals surface area contributed by atoms with Crippen molar-refractivity contribution in [1.29, 1.82) is 0 Å². The first-order valence-electron chi connectivity index (χ1n) is 16.4. The van der Waals surface area contributed by atoms with Crippen LogP contribution in [0.5, 0.6) is 0 Å². The number of hydrogen-bond acceptors (Lipinski definition) is 5. The molecule has 40 heavy (non-hydrogen) atoms. The van der Waals surface area contributed by atoms with Crippen LogP contribution in [0.25, 0.3) is 0 Å². The number of likely N-dealkylation sites (N-methyl/N-ethyl adjacent to an activating group) is 1. The molecular weight excluding hydrogens is 527 g/mol. The van der Waals surface area contributed by atoms with Crippen molar-refractivity contribution < 1.29 is 32.9 Å². The number of unbranched alkanes of at least 4 members (excludes halogenated alkanes) is 16. The molecule has 0 radical (unpaired) electrons. The van der Waals surface area contributed by atoms with E-state index in [4.69, 9.17) is 9.05 Å². The summed E-state index contributed by atoms with van der Waals surface area (Å²) >= 11 is 0. The van der Waals surface area contributed by atoms with Crippen LogP contribution >= 0.6 is 7.82 Å². The molecule has 0 aromatic heterocycles. The summed E-state index contributed by atoms with van der Waals surface area (Å²) in [6.45, 7) is 4.80. The molecule has 8 nitrogen and oxygen atoms in total. The number of nitrogens with one attached hydrogen (secondary N) is 1. The Morgan fingerprint density at radius 3 is 1.68 bits per heavy atom. The fourth-order valence-electron chi connectivity index (χ4n) is 4.63. The maximum atomic E-state index is 12.6. The number of hydrogen-bond donors (Lipinski definition) is 3. The fourth-order valence-corrected chi connectivity index (χ4v) is 5.37. The summed E-state index contributed by atoms with van der Waals surface area (Å²) in [5, 5.41) is 13.7. The molecule has 0 heterocycles. The summed E-state index contributed by atoms with van der Waals surface area (Å²) in [6, 6.07) is -0.748. The molecule has 0 spiro atoms. The molecule has 9 heteroatoms. The molecule has 240 valence electrons. The first-order valence-corrected chi connectivity index (χ1v) is 17.9. The number of phosphoric acid groups is 1. The molecule has 0 aromatic rings. The number of rotatable bonds is 29. The lowest BCUT2D eigenvalue weighted by atomic mass is 10.0. The Balaban J connectivity index is 4.54. The number of carbonyl (C=O) groups excluding carboxylic acids is 1. The number of quaternary nitrogens is 1.